The van der Waals surface area contributed by atoms with Gasteiger partial charge in [-0.1, -0.05) is 34.6 Å². The third-order valence-electron chi connectivity index (χ3n) is 3.85. The molecule has 0 aliphatic carbocycles. The van der Waals surface area contributed by atoms with Crippen LogP contribution in [0.2, 0.25) is 0 Å². The molecule has 0 spiro atoms. The van der Waals surface area contributed by atoms with E-state index in [1.807, 2.05) is 39.5 Å². The summed E-state index contributed by atoms with van der Waals surface area (Å²) in [4.78, 5) is 33.9. The first kappa shape index (κ1) is 15.7. The fourth-order valence-electron chi connectivity index (χ4n) is 2.58. The summed E-state index contributed by atoms with van der Waals surface area (Å²) in [6.45, 7) is 11.0. The van der Waals surface area contributed by atoms with Crippen molar-refractivity contribution >= 4 is 5.91 Å². The van der Waals surface area contributed by atoms with E-state index in [2.05, 4.69) is 9.97 Å². The first-order valence-electron chi connectivity index (χ1n) is 7.61. The Morgan fingerprint density at radius 2 is 1.86 bits per heavy atom. The molecule has 1 aromatic heterocycles. The van der Waals surface area contributed by atoms with Crippen molar-refractivity contribution in [3.63, 3.8) is 0 Å². The van der Waals surface area contributed by atoms with Crippen molar-refractivity contribution in [2.45, 2.75) is 53.4 Å². The van der Waals surface area contributed by atoms with E-state index in [0.717, 1.165) is 17.1 Å². The molecule has 0 saturated carbocycles. The van der Waals surface area contributed by atoms with Gasteiger partial charge in [0.15, 0.2) is 0 Å². The maximum absolute atomic E-state index is 12.4. The van der Waals surface area contributed by atoms with E-state index in [0.29, 0.717) is 25.9 Å². The number of fused-ring (bicyclic) bond motifs is 1. The third-order valence-corrected chi connectivity index (χ3v) is 3.85. The molecule has 0 radical (unpaired) electrons. The monoisotopic (exact) mass is 291 g/mol. The molecule has 2 rings (SSSR count). The maximum Gasteiger partial charge on any atom is 0.254 e. The van der Waals surface area contributed by atoms with Crippen LogP contribution in [0, 0.1) is 5.41 Å². The molecule has 0 bridgehead atoms. The second-order valence-corrected chi connectivity index (χ2v) is 7.07. The molecule has 2 heterocycles. The highest BCUT2D eigenvalue weighted by molar-refractivity contribution is 5.81. The normalized spacial score (nSPS) is 15.8. The van der Waals surface area contributed by atoms with Crippen molar-refractivity contribution in [1.29, 1.82) is 0 Å². The molecule has 0 aromatic carbocycles. The minimum atomic E-state index is -0.389. The number of carbonyl (C=O) groups is 1. The number of hydrogen-bond donors (Lipinski definition) is 1. The van der Waals surface area contributed by atoms with Gasteiger partial charge in [0.1, 0.15) is 5.82 Å². The van der Waals surface area contributed by atoms with Gasteiger partial charge in [0.25, 0.3) is 5.56 Å². The highest BCUT2D eigenvalue weighted by atomic mass is 16.2. The first-order chi connectivity index (χ1) is 9.70. The van der Waals surface area contributed by atoms with Crippen LogP contribution in [0.1, 0.15) is 57.6 Å². The predicted octanol–water partition coefficient (Wildman–Crippen LogP) is 1.87. The quantitative estimate of drug-likeness (QED) is 0.859. The van der Waals surface area contributed by atoms with Gasteiger partial charge >= 0.3 is 0 Å². The standard InChI is InChI=1S/C16H25N3O2/c1-10(2)13-17-12-7-9-19(15(21)16(3,4)5)8-6-11(12)14(20)18-13/h10H,6-9H2,1-5H3,(H,17,18,20). The van der Waals surface area contributed by atoms with Gasteiger partial charge in [0.05, 0.1) is 5.69 Å². The van der Waals surface area contributed by atoms with Gasteiger partial charge < -0.3 is 9.88 Å². The van der Waals surface area contributed by atoms with Gasteiger partial charge in [-0.2, -0.15) is 0 Å². The lowest BCUT2D eigenvalue weighted by atomic mass is 9.94. The zero-order chi connectivity index (χ0) is 15.8. The van der Waals surface area contributed by atoms with E-state index in [-0.39, 0.29) is 22.8 Å². The third kappa shape index (κ3) is 3.34. The molecule has 5 heteroatoms. The number of nitrogens with zero attached hydrogens (tertiary/aromatic N) is 2. The van der Waals surface area contributed by atoms with Crippen molar-refractivity contribution in [3.8, 4) is 0 Å². The molecule has 116 valence electrons. The zero-order valence-electron chi connectivity index (χ0n) is 13.6. The number of aromatic nitrogens is 2. The zero-order valence-corrected chi connectivity index (χ0v) is 13.6. The van der Waals surface area contributed by atoms with Crippen LogP contribution in [0.3, 0.4) is 0 Å². The van der Waals surface area contributed by atoms with Crippen LogP contribution in [0.15, 0.2) is 4.79 Å². The molecule has 21 heavy (non-hydrogen) atoms. The molecular weight excluding hydrogens is 266 g/mol. The lowest BCUT2D eigenvalue weighted by molar-refractivity contribution is -0.139. The molecule has 1 N–H and O–H groups in total. The van der Waals surface area contributed by atoms with Gasteiger partial charge in [-0.05, 0) is 6.42 Å². The average Bonchev–Trinajstić information content (AvgIpc) is 2.59. The number of carbonyl (C=O) groups excluding carboxylic acids is 1. The van der Waals surface area contributed by atoms with Crippen LogP contribution in [0.25, 0.3) is 0 Å². The topological polar surface area (TPSA) is 66.1 Å². The number of hydrogen-bond acceptors (Lipinski definition) is 3. The summed E-state index contributed by atoms with van der Waals surface area (Å²) >= 11 is 0. The minimum absolute atomic E-state index is 0.0474. The molecule has 0 unspecified atom stereocenters. The Labute approximate surface area is 125 Å². The SMILES string of the molecule is CC(C)c1nc2c(c(=O)[nH]1)CCN(C(=O)C(C)(C)C)CC2. The predicted molar refractivity (Wildman–Crippen MR) is 82.4 cm³/mol. The Kier molecular flexibility index (Phi) is 4.21. The summed E-state index contributed by atoms with van der Waals surface area (Å²) in [5.41, 5.74) is 1.16. The smallest absolute Gasteiger partial charge is 0.254 e. The molecule has 1 aliphatic heterocycles. The van der Waals surface area contributed by atoms with Gasteiger partial charge in [0, 0.05) is 36.4 Å². The Bertz CT molecular complexity index is 597. The average molecular weight is 291 g/mol. The summed E-state index contributed by atoms with van der Waals surface area (Å²) in [5, 5.41) is 0. The van der Waals surface area contributed by atoms with Crippen LogP contribution in [0.4, 0.5) is 0 Å². The van der Waals surface area contributed by atoms with Crippen LogP contribution in [-0.4, -0.2) is 33.9 Å². The lowest BCUT2D eigenvalue weighted by Crippen LogP contribution is -2.41. The van der Waals surface area contributed by atoms with Gasteiger partial charge in [0.2, 0.25) is 5.91 Å². The van der Waals surface area contributed by atoms with Crippen LogP contribution >= 0.6 is 0 Å². The number of H-pyrrole nitrogens is 1. The van der Waals surface area contributed by atoms with Crippen molar-refractivity contribution in [2.24, 2.45) is 5.41 Å². The highest BCUT2D eigenvalue weighted by Gasteiger charge is 2.29. The minimum Gasteiger partial charge on any atom is -0.342 e. The Hall–Kier alpha value is -1.65. The molecule has 0 fully saturated rings. The van der Waals surface area contributed by atoms with E-state index in [9.17, 15) is 9.59 Å². The number of rotatable bonds is 1. The van der Waals surface area contributed by atoms with Gasteiger partial charge in [-0.25, -0.2) is 4.98 Å². The van der Waals surface area contributed by atoms with Crippen LogP contribution in [-0.2, 0) is 17.6 Å². The Morgan fingerprint density at radius 1 is 1.24 bits per heavy atom. The van der Waals surface area contributed by atoms with Crippen molar-refractivity contribution < 1.29 is 4.79 Å². The van der Waals surface area contributed by atoms with Crippen LogP contribution < -0.4 is 5.56 Å². The summed E-state index contributed by atoms with van der Waals surface area (Å²) in [5.74, 6) is 1.06. The molecule has 0 atom stereocenters. The van der Waals surface area contributed by atoms with Crippen molar-refractivity contribution in [1.82, 2.24) is 14.9 Å². The number of nitrogens with one attached hydrogen (secondary N) is 1. The van der Waals surface area contributed by atoms with E-state index in [1.54, 1.807) is 0 Å². The van der Waals surface area contributed by atoms with Crippen molar-refractivity contribution in [2.75, 3.05) is 13.1 Å². The Balaban J connectivity index is 2.28. The van der Waals surface area contributed by atoms with E-state index >= 15 is 0 Å². The van der Waals surface area contributed by atoms with Gasteiger partial charge in [-0.3, -0.25) is 9.59 Å². The molecule has 1 amide bonds. The summed E-state index contributed by atoms with van der Waals surface area (Å²) in [7, 11) is 0. The van der Waals surface area contributed by atoms with Crippen molar-refractivity contribution in [3.05, 3.63) is 27.4 Å². The fourth-order valence-corrected chi connectivity index (χ4v) is 2.58. The highest BCUT2D eigenvalue weighted by Crippen LogP contribution is 2.20. The molecule has 1 aromatic rings. The van der Waals surface area contributed by atoms with Gasteiger partial charge in [-0.15, -0.1) is 0 Å². The summed E-state index contributed by atoms with van der Waals surface area (Å²) < 4.78 is 0. The van der Waals surface area contributed by atoms with E-state index < -0.39 is 0 Å². The Morgan fingerprint density at radius 3 is 2.43 bits per heavy atom. The van der Waals surface area contributed by atoms with E-state index in [1.165, 1.54) is 0 Å². The molecule has 5 nitrogen and oxygen atoms in total. The van der Waals surface area contributed by atoms with Crippen LogP contribution in [0.5, 0.6) is 0 Å². The lowest BCUT2D eigenvalue weighted by Gasteiger charge is -2.28. The number of amides is 1. The number of aromatic amines is 1. The largest absolute Gasteiger partial charge is 0.342 e. The fraction of sp³-hybridized carbons (Fsp3) is 0.688. The van der Waals surface area contributed by atoms with E-state index in [4.69, 9.17) is 0 Å². The maximum atomic E-state index is 12.4. The molecule has 1 aliphatic rings. The molecule has 0 saturated heterocycles. The summed E-state index contributed by atoms with van der Waals surface area (Å²) in [6.07, 6.45) is 1.23. The first-order valence-corrected chi connectivity index (χ1v) is 7.61. The second kappa shape index (κ2) is 5.62. The summed E-state index contributed by atoms with van der Waals surface area (Å²) in [6, 6.07) is 0. The molecular formula is C16H25N3O2. The second-order valence-electron chi connectivity index (χ2n) is 7.07.